The van der Waals surface area contributed by atoms with Gasteiger partial charge in [0.05, 0.1) is 17.6 Å². The van der Waals surface area contributed by atoms with E-state index in [1.165, 1.54) is 23.9 Å². The van der Waals surface area contributed by atoms with Crippen molar-refractivity contribution in [3.63, 3.8) is 0 Å². The molecule has 0 unspecified atom stereocenters. The fourth-order valence-corrected chi connectivity index (χ4v) is 4.14. The second kappa shape index (κ2) is 10.2. The third kappa shape index (κ3) is 5.08. The Bertz CT molecular complexity index is 1030. The zero-order valence-electron chi connectivity index (χ0n) is 17.6. The van der Waals surface area contributed by atoms with E-state index < -0.39 is 5.97 Å². The highest BCUT2D eigenvalue weighted by Gasteiger charge is 2.32. The van der Waals surface area contributed by atoms with Gasteiger partial charge in [-0.05, 0) is 55.4 Å². The molecule has 0 bridgehead atoms. The first-order chi connectivity index (χ1) is 15.0. The summed E-state index contributed by atoms with van der Waals surface area (Å²) in [5.41, 5.74) is 1.75. The molecule has 1 aliphatic heterocycles. The van der Waals surface area contributed by atoms with Crippen LogP contribution in [0.25, 0.3) is 6.08 Å². The van der Waals surface area contributed by atoms with E-state index in [2.05, 4.69) is 4.99 Å². The molecule has 1 amide bonds. The maximum absolute atomic E-state index is 12.8. The van der Waals surface area contributed by atoms with Crippen LogP contribution < -0.4 is 9.47 Å². The Morgan fingerprint density at radius 1 is 1.19 bits per heavy atom. The molecule has 1 saturated heterocycles. The van der Waals surface area contributed by atoms with Crippen LogP contribution in [0.1, 0.15) is 35.3 Å². The zero-order chi connectivity index (χ0) is 22.4. The Morgan fingerprint density at radius 3 is 2.55 bits per heavy atom. The molecule has 2 aromatic rings. The van der Waals surface area contributed by atoms with Gasteiger partial charge < -0.3 is 14.6 Å². The van der Waals surface area contributed by atoms with Crippen LogP contribution in [0.4, 0.5) is 0 Å². The largest absolute Gasteiger partial charge is 0.493 e. The molecular formula is C23H24N2O5S. The lowest BCUT2D eigenvalue weighted by Gasteiger charge is -2.14. The average molecular weight is 441 g/mol. The Morgan fingerprint density at radius 2 is 1.94 bits per heavy atom. The molecule has 7 nitrogen and oxygen atoms in total. The van der Waals surface area contributed by atoms with E-state index in [4.69, 9.17) is 14.6 Å². The van der Waals surface area contributed by atoms with Crippen LogP contribution in [0.3, 0.4) is 0 Å². The van der Waals surface area contributed by atoms with Gasteiger partial charge in [0.2, 0.25) is 0 Å². The predicted octanol–water partition coefficient (Wildman–Crippen LogP) is 4.28. The number of amides is 1. The molecule has 162 valence electrons. The molecule has 8 heteroatoms. The molecule has 1 aliphatic rings. The van der Waals surface area contributed by atoms with Gasteiger partial charge in [0, 0.05) is 18.7 Å². The van der Waals surface area contributed by atoms with Crippen LogP contribution in [0, 0.1) is 0 Å². The van der Waals surface area contributed by atoms with E-state index in [0.29, 0.717) is 40.2 Å². The molecule has 0 atom stereocenters. The number of ether oxygens (including phenoxy) is 2. The number of benzene rings is 2. The third-order valence-corrected chi connectivity index (χ3v) is 5.64. The lowest BCUT2D eigenvalue weighted by atomic mass is 10.1. The van der Waals surface area contributed by atoms with Crippen molar-refractivity contribution in [2.45, 2.75) is 20.5 Å². The van der Waals surface area contributed by atoms with Crippen LogP contribution in [-0.4, -0.2) is 47.2 Å². The Kier molecular flexibility index (Phi) is 7.36. The highest BCUT2D eigenvalue weighted by Crippen LogP contribution is 2.37. The van der Waals surface area contributed by atoms with Crippen LogP contribution in [0.5, 0.6) is 11.5 Å². The lowest BCUT2D eigenvalue weighted by Crippen LogP contribution is -2.28. The maximum Gasteiger partial charge on any atom is 0.335 e. The summed E-state index contributed by atoms with van der Waals surface area (Å²) in [6.07, 6.45) is 1.79. The number of thioether (sulfide) groups is 1. The molecule has 2 aromatic carbocycles. The minimum Gasteiger partial charge on any atom is -0.493 e. The fourth-order valence-electron chi connectivity index (χ4n) is 3.04. The number of carbonyl (C=O) groups is 2. The number of carbonyl (C=O) groups excluding carboxylic acids is 1. The van der Waals surface area contributed by atoms with Gasteiger partial charge in [0.15, 0.2) is 16.7 Å². The monoisotopic (exact) mass is 440 g/mol. The molecule has 0 aliphatic carbocycles. The standard InChI is InChI=1S/C23H24N2O5S/c1-4-24-23-25(5-2)21(26)19(31-23)13-17-7-6-8-18(29-3)20(17)30-14-15-9-11-16(12-10-15)22(27)28/h6-13H,4-5,14H2,1-3H3,(H,27,28)/b19-13-,24-23?. The lowest BCUT2D eigenvalue weighted by molar-refractivity contribution is -0.122. The number of methoxy groups -OCH3 is 1. The number of para-hydroxylation sites is 1. The summed E-state index contributed by atoms with van der Waals surface area (Å²) in [4.78, 5) is 30.5. The number of nitrogens with zero attached hydrogens (tertiary/aromatic N) is 2. The first-order valence-electron chi connectivity index (χ1n) is 9.86. The number of hydrogen-bond donors (Lipinski definition) is 1. The Balaban J connectivity index is 1.88. The minimum absolute atomic E-state index is 0.0854. The number of aromatic carboxylic acids is 1. The van der Waals surface area contributed by atoms with Gasteiger partial charge in [0.1, 0.15) is 6.61 Å². The van der Waals surface area contributed by atoms with E-state index in [1.54, 1.807) is 36.3 Å². The van der Waals surface area contributed by atoms with Crippen molar-refractivity contribution in [1.82, 2.24) is 4.90 Å². The summed E-state index contributed by atoms with van der Waals surface area (Å²) in [6, 6.07) is 12.0. The number of amidine groups is 1. The summed E-state index contributed by atoms with van der Waals surface area (Å²) < 4.78 is 11.5. The maximum atomic E-state index is 12.8. The van der Waals surface area contributed by atoms with Crippen LogP contribution >= 0.6 is 11.8 Å². The summed E-state index contributed by atoms with van der Waals surface area (Å²) >= 11 is 1.35. The number of rotatable bonds is 8. The predicted molar refractivity (Wildman–Crippen MR) is 122 cm³/mol. The van der Waals surface area contributed by atoms with Gasteiger partial charge in [-0.1, -0.05) is 24.3 Å². The van der Waals surface area contributed by atoms with Crippen molar-refractivity contribution in [2.24, 2.45) is 4.99 Å². The first kappa shape index (κ1) is 22.4. The van der Waals surface area contributed by atoms with Gasteiger partial charge >= 0.3 is 5.97 Å². The van der Waals surface area contributed by atoms with E-state index >= 15 is 0 Å². The van der Waals surface area contributed by atoms with Crippen molar-refractivity contribution < 1.29 is 24.2 Å². The van der Waals surface area contributed by atoms with Crippen molar-refractivity contribution in [1.29, 1.82) is 0 Å². The van der Waals surface area contributed by atoms with Gasteiger partial charge in [0.25, 0.3) is 5.91 Å². The quantitative estimate of drug-likeness (QED) is 0.616. The Labute approximate surface area is 185 Å². The second-order valence-corrected chi connectivity index (χ2v) is 7.60. The molecule has 1 N–H and O–H groups in total. The topological polar surface area (TPSA) is 88.4 Å². The van der Waals surface area contributed by atoms with Crippen molar-refractivity contribution in [3.8, 4) is 11.5 Å². The van der Waals surface area contributed by atoms with Gasteiger partial charge in [-0.15, -0.1) is 0 Å². The smallest absolute Gasteiger partial charge is 0.335 e. The van der Waals surface area contributed by atoms with Crippen molar-refractivity contribution in [2.75, 3.05) is 20.2 Å². The highest BCUT2D eigenvalue weighted by atomic mass is 32.2. The van der Waals surface area contributed by atoms with E-state index in [0.717, 1.165) is 5.56 Å². The molecule has 0 aromatic heterocycles. The fraction of sp³-hybridized carbons (Fsp3) is 0.261. The normalized spacial score (nSPS) is 16.2. The van der Waals surface area contributed by atoms with E-state index in [9.17, 15) is 9.59 Å². The van der Waals surface area contributed by atoms with Crippen LogP contribution in [-0.2, 0) is 11.4 Å². The molecule has 0 saturated carbocycles. The van der Waals surface area contributed by atoms with Crippen molar-refractivity contribution in [3.05, 3.63) is 64.1 Å². The molecular weight excluding hydrogens is 416 g/mol. The molecule has 31 heavy (non-hydrogen) atoms. The van der Waals surface area contributed by atoms with Gasteiger partial charge in [-0.2, -0.15) is 0 Å². The van der Waals surface area contributed by atoms with E-state index in [-0.39, 0.29) is 18.1 Å². The summed E-state index contributed by atoms with van der Waals surface area (Å²) in [7, 11) is 1.56. The number of hydrogen-bond acceptors (Lipinski definition) is 6. The van der Waals surface area contributed by atoms with Crippen LogP contribution in [0.15, 0.2) is 52.4 Å². The number of carboxylic acids is 1. The number of likely N-dealkylation sites (N-methyl/N-ethyl adjacent to an activating group) is 1. The Hall–Kier alpha value is -3.26. The zero-order valence-corrected chi connectivity index (χ0v) is 18.4. The second-order valence-electron chi connectivity index (χ2n) is 6.59. The molecule has 0 radical (unpaired) electrons. The third-order valence-electron chi connectivity index (χ3n) is 4.60. The van der Waals surface area contributed by atoms with Crippen LogP contribution in [0.2, 0.25) is 0 Å². The van der Waals surface area contributed by atoms with Gasteiger partial charge in [-0.3, -0.25) is 14.7 Å². The summed E-state index contributed by atoms with van der Waals surface area (Å²) in [5.74, 6) is -0.00596. The molecule has 1 fully saturated rings. The SMILES string of the molecule is CCN=C1S/C(=C\c2cccc(OC)c2OCc2ccc(C(=O)O)cc2)C(=O)N1CC. The summed E-state index contributed by atoms with van der Waals surface area (Å²) in [6.45, 7) is 5.23. The average Bonchev–Trinajstić information content (AvgIpc) is 3.07. The van der Waals surface area contributed by atoms with Crippen molar-refractivity contribution >= 4 is 34.9 Å². The van der Waals surface area contributed by atoms with Gasteiger partial charge in [-0.25, -0.2) is 4.79 Å². The number of aliphatic imine (C=N–C) groups is 1. The first-order valence-corrected chi connectivity index (χ1v) is 10.7. The minimum atomic E-state index is -0.975. The summed E-state index contributed by atoms with van der Waals surface area (Å²) in [5, 5.41) is 9.74. The molecule has 0 spiro atoms. The van der Waals surface area contributed by atoms with E-state index in [1.807, 2.05) is 26.0 Å². The number of carboxylic acid groups (broad SMARTS) is 1. The molecule has 3 rings (SSSR count). The highest BCUT2D eigenvalue weighted by molar-refractivity contribution is 8.18. The molecule has 1 heterocycles.